The molecule has 104 valence electrons. The van der Waals surface area contributed by atoms with E-state index in [1.165, 1.54) is 6.07 Å². The predicted octanol–water partition coefficient (Wildman–Crippen LogP) is 2.35. The number of hydrogen-bond donors (Lipinski definition) is 3. The average Bonchev–Trinajstić information content (AvgIpc) is 2.31. The van der Waals surface area contributed by atoms with E-state index in [0.29, 0.717) is 24.4 Å². The van der Waals surface area contributed by atoms with Crippen LogP contribution < -0.4 is 5.84 Å². The fourth-order valence-electron chi connectivity index (χ4n) is 1.98. The van der Waals surface area contributed by atoms with Crippen molar-refractivity contribution < 1.29 is 10.2 Å². The van der Waals surface area contributed by atoms with Crippen molar-refractivity contribution >= 4 is 12.9 Å². The molecule has 1 aromatic carbocycles. The van der Waals surface area contributed by atoms with Crippen LogP contribution in [0.2, 0.25) is 6.32 Å². The maximum atomic E-state index is 9.97. The molecule has 4 nitrogen and oxygen atoms in total. The van der Waals surface area contributed by atoms with E-state index < -0.39 is 0 Å². The van der Waals surface area contributed by atoms with Crippen LogP contribution in [0.15, 0.2) is 17.2 Å². The Labute approximate surface area is 115 Å². The fourth-order valence-corrected chi connectivity index (χ4v) is 1.98. The van der Waals surface area contributed by atoms with Gasteiger partial charge in [0, 0.05) is 17.2 Å². The average molecular weight is 262 g/mol. The smallest absolute Gasteiger partial charge is 0.185 e. The van der Waals surface area contributed by atoms with E-state index in [4.69, 9.17) is 5.84 Å². The third-order valence-electron chi connectivity index (χ3n) is 3.19. The number of nitrogens with zero attached hydrogens (tertiary/aromatic N) is 1. The summed E-state index contributed by atoms with van der Waals surface area (Å²) < 4.78 is 0. The summed E-state index contributed by atoms with van der Waals surface area (Å²) >= 11 is 0. The highest BCUT2D eigenvalue weighted by atomic mass is 16.3. The summed E-state index contributed by atoms with van der Waals surface area (Å²) in [6, 6.07) is 3.15. The van der Waals surface area contributed by atoms with E-state index in [1.54, 1.807) is 6.07 Å². The third kappa shape index (κ3) is 3.91. The van der Waals surface area contributed by atoms with Gasteiger partial charge in [-0.25, -0.2) is 0 Å². The molecule has 5 heteroatoms. The molecule has 0 aromatic heterocycles. The minimum absolute atomic E-state index is 0.0230. The lowest BCUT2D eigenvalue weighted by atomic mass is 9.63. The normalized spacial score (nSPS) is 12.2. The van der Waals surface area contributed by atoms with E-state index in [-0.39, 0.29) is 17.4 Å². The number of benzene rings is 1. The number of nitrogens with two attached hydrogens (primary N) is 1. The van der Waals surface area contributed by atoms with Crippen LogP contribution in [0.25, 0.3) is 0 Å². The number of rotatable bonds is 5. The quantitative estimate of drug-likeness (QED) is 0.330. The molecule has 0 saturated carbocycles. The van der Waals surface area contributed by atoms with Crippen LogP contribution in [0.4, 0.5) is 0 Å². The molecule has 0 aliphatic heterocycles. The molecule has 0 saturated heterocycles. The number of hydrazone groups is 1. The van der Waals surface area contributed by atoms with E-state index in [1.807, 2.05) is 13.8 Å². The van der Waals surface area contributed by atoms with Crippen LogP contribution in [0.3, 0.4) is 0 Å². The van der Waals surface area contributed by atoms with Crippen molar-refractivity contribution in [2.45, 2.75) is 39.9 Å². The molecule has 0 fully saturated rings. The number of phenolic OH excluding ortho intramolecular Hbond substituents is 2. The molecule has 0 aliphatic rings. The summed E-state index contributed by atoms with van der Waals surface area (Å²) in [6.07, 6.45) is 0.952. The Bertz CT molecular complexity index is 471. The molecule has 0 heterocycles. The van der Waals surface area contributed by atoms with Gasteiger partial charge in [-0.1, -0.05) is 39.9 Å². The zero-order chi connectivity index (χ0) is 14.6. The molecule has 0 bridgehead atoms. The fraction of sp³-hybridized carbons (Fsp3) is 0.500. The van der Waals surface area contributed by atoms with Crippen molar-refractivity contribution in [1.82, 2.24) is 0 Å². The van der Waals surface area contributed by atoms with Crippen LogP contribution in [0.5, 0.6) is 11.5 Å². The largest absolute Gasteiger partial charge is 0.508 e. The van der Waals surface area contributed by atoms with Gasteiger partial charge in [0.1, 0.15) is 11.5 Å². The molecule has 0 aliphatic carbocycles. The van der Waals surface area contributed by atoms with Gasteiger partial charge in [-0.05, 0) is 17.5 Å². The summed E-state index contributed by atoms with van der Waals surface area (Å²) in [7, 11) is 0.712. The lowest BCUT2D eigenvalue weighted by Crippen LogP contribution is -2.15. The highest BCUT2D eigenvalue weighted by Gasteiger charge is 2.16. The van der Waals surface area contributed by atoms with E-state index in [0.717, 1.165) is 11.9 Å². The maximum Gasteiger partial charge on any atom is 0.185 e. The lowest BCUT2D eigenvalue weighted by Gasteiger charge is -2.14. The Hall–Kier alpha value is -1.65. The Balaban J connectivity index is 3.14. The van der Waals surface area contributed by atoms with Gasteiger partial charge in [0.05, 0.1) is 0 Å². The summed E-state index contributed by atoms with van der Waals surface area (Å²) in [4.78, 5) is 0. The summed E-state index contributed by atoms with van der Waals surface area (Å²) in [5.41, 5.74) is 2.08. The van der Waals surface area contributed by atoms with Gasteiger partial charge in [-0.3, -0.25) is 0 Å². The number of hydrogen-bond acceptors (Lipinski definition) is 4. The second-order valence-electron chi connectivity index (χ2n) is 5.59. The van der Waals surface area contributed by atoms with Crippen LogP contribution in [-0.4, -0.2) is 23.1 Å². The van der Waals surface area contributed by atoms with Crippen LogP contribution in [0.1, 0.15) is 44.7 Å². The van der Waals surface area contributed by atoms with Crippen LogP contribution >= 0.6 is 0 Å². The van der Waals surface area contributed by atoms with Gasteiger partial charge in [0.15, 0.2) is 7.28 Å². The Morgan fingerprint density at radius 3 is 2.32 bits per heavy atom. The maximum absolute atomic E-state index is 9.97. The molecule has 4 N–H and O–H groups in total. The van der Waals surface area contributed by atoms with E-state index >= 15 is 0 Å². The SMILES string of the molecule is CC(C)CB/C(=N\N)c1cc(C(C)C)c(O)cc1O. The minimum Gasteiger partial charge on any atom is -0.508 e. The molecule has 0 radical (unpaired) electrons. The summed E-state index contributed by atoms with van der Waals surface area (Å²) in [5, 5.41) is 23.6. The van der Waals surface area contributed by atoms with E-state index in [9.17, 15) is 10.2 Å². The van der Waals surface area contributed by atoms with Crippen molar-refractivity contribution in [3.05, 3.63) is 23.3 Å². The van der Waals surface area contributed by atoms with Gasteiger partial charge in [-0.2, -0.15) is 5.10 Å². The molecule has 1 rings (SSSR count). The monoisotopic (exact) mass is 262 g/mol. The predicted molar refractivity (Wildman–Crippen MR) is 81.4 cm³/mol. The Morgan fingerprint density at radius 1 is 1.21 bits per heavy atom. The van der Waals surface area contributed by atoms with E-state index in [2.05, 4.69) is 18.9 Å². The second-order valence-corrected chi connectivity index (χ2v) is 5.59. The summed E-state index contributed by atoms with van der Waals surface area (Å²) in [5.74, 6) is 6.28. The molecular formula is C14H23BN2O2. The van der Waals surface area contributed by atoms with Crippen molar-refractivity contribution in [2.75, 3.05) is 0 Å². The first-order valence-electron chi connectivity index (χ1n) is 6.69. The summed E-state index contributed by atoms with van der Waals surface area (Å²) in [6.45, 7) is 8.24. The first-order chi connectivity index (χ1) is 8.86. The Morgan fingerprint density at radius 2 is 1.84 bits per heavy atom. The highest BCUT2D eigenvalue weighted by Crippen LogP contribution is 2.32. The third-order valence-corrected chi connectivity index (χ3v) is 3.19. The second kappa shape index (κ2) is 6.50. The molecule has 0 amide bonds. The zero-order valence-corrected chi connectivity index (χ0v) is 12.1. The molecule has 1 aromatic rings. The number of phenols is 2. The lowest BCUT2D eigenvalue weighted by molar-refractivity contribution is 0.443. The molecule has 0 spiro atoms. The van der Waals surface area contributed by atoms with Gasteiger partial charge >= 0.3 is 0 Å². The van der Waals surface area contributed by atoms with Crippen molar-refractivity contribution in [1.29, 1.82) is 0 Å². The first kappa shape index (κ1) is 15.4. The van der Waals surface area contributed by atoms with Gasteiger partial charge in [-0.15, -0.1) is 0 Å². The van der Waals surface area contributed by atoms with Gasteiger partial charge in [0.2, 0.25) is 0 Å². The Kier molecular flexibility index (Phi) is 5.27. The van der Waals surface area contributed by atoms with Crippen molar-refractivity contribution in [3.63, 3.8) is 0 Å². The van der Waals surface area contributed by atoms with Gasteiger partial charge in [0.25, 0.3) is 0 Å². The molecule has 0 unspecified atom stereocenters. The van der Waals surface area contributed by atoms with Crippen molar-refractivity contribution in [2.24, 2.45) is 16.9 Å². The molecular weight excluding hydrogens is 239 g/mol. The topological polar surface area (TPSA) is 78.8 Å². The minimum atomic E-state index is 0.0230. The van der Waals surface area contributed by atoms with Crippen molar-refractivity contribution in [3.8, 4) is 11.5 Å². The zero-order valence-electron chi connectivity index (χ0n) is 12.1. The number of aromatic hydroxyl groups is 2. The highest BCUT2D eigenvalue weighted by molar-refractivity contribution is 6.79. The standard InChI is InChI=1S/C14H23BN2O2/c1-8(2)7-15-14(17-16)11-5-10(9(3)4)12(18)6-13(11)19/h5-6,8-9,15,18-19H,7,16H2,1-4H3/b17-14-. The first-order valence-corrected chi connectivity index (χ1v) is 6.69. The van der Waals surface area contributed by atoms with Crippen LogP contribution in [0, 0.1) is 5.92 Å². The molecule has 0 atom stereocenters. The van der Waals surface area contributed by atoms with Gasteiger partial charge < -0.3 is 16.1 Å². The molecule has 19 heavy (non-hydrogen) atoms. The van der Waals surface area contributed by atoms with Crippen LogP contribution in [-0.2, 0) is 0 Å².